The summed E-state index contributed by atoms with van der Waals surface area (Å²) < 4.78 is 44.1. The van der Waals surface area contributed by atoms with Crippen molar-refractivity contribution in [2.24, 2.45) is 5.92 Å². The Labute approximate surface area is 111 Å². The van der Waals surface area contributed by atoms with Crippen LogP contribution < -0.4 is 10.1 Å². The van der Waals surface area contributed by atoms with Crippen molar-refractivity contribution in [3.8, 4) is 5.75 Å². The Hall–Kier alpha value is -1.23. The summed E-state index contributed by atoms with van der Waals surface area (Å²) in [5.41, 5.74) is 0.0986. The number of alkyl halides is 3. The van der Waals surface area contributed by atoms with Crippen LogP contribution in [0.15, 0.2) is 18.2 Å². The highest BCUT2D eigenvalue weighted by Crippen LogP contribution is 2.38. The predicted molar refractivity (Wildman–Crippen MR) is 67.1 cm³/mol. The lowest BCUT2D eigenvalue weighted by Crippen LogP contribution is -2.15. The molecule has 1 atom stereocenters. The van der Waals surface area contributed by atoms with Crippen LogP contribution in [0.4, 0.5) is 13.2 Å². The summed E-state index contributed by atoms with van der Waals surface area (Å²) in [5.74, 6) is 0.366. The summed E-state index contributed by atoms with van der Waals surface area (Å²) in [4.78, 5) is 0. The third kappa shape index (κ3) is 3.62. The van der Waals surface area contributed by atoms with E-state index >= 15 is 0 Å². The number of benzene rings is 1. The Morgan fingerprint density at radius 3 is 2.58 bits per heavy atom. The lowest BCUT2D eigenvalue weighted by molar-refractivity contribution is -0.139. The van der Waals surface area contributed by atoms with E-state index in [9.17, 15) is 13.2 Å². The highest BCUT2D eigenvalue weighted by Gasteiger charge is 2.35. The lowest BCUT2D eigenvalue weighted by Gasteiger charge is -2.17. The Bertz CT molecular complexity index is 441. The van der Waals surface area contributed by atoms with E-state index in [1.807, 2.05) is 6.92 Å². The van der Waals surface area contributed by atoms with Crippen LogP contribution in [0.1, 0.15) is 36.9 Å². The molecule has 1 aromatic rings. The van der Waals surface area contributed by atoms with E-state index in [0.29, 0.717) is 12.5 Å². The van der Waals surface area contributed by atoms with Gasteiger partial charge in [-0.1, -0.05) is 6.07 Å². The predicted octanol–water partition coefficient (Wildman–Crippen LogP) is 3.77. The summed E-state index contributed by atoms with van der Waals surface area (Å²) in [6.07, 6.45) is -2.28. The highest BCUT2D eigenvalue weighted by molar-refractivity contribution is 5.40. The number of hydrogen-bond donors (Lipinski definition) is 1. The van der Waals surface area contributed by atoms with Gasteiger partial charge in [-0.2, -0.15) is 13.2 Å². The molecule has 1 aliphatic carbocycles. The normalized spacial score (nSPS) is 17.3. The average Bonchev–Trinajstić information content (AvgIpc) is 3.17. The molecule has 5 heteroatoms. The van der Waals surface area contributed by atoms with E-state index in [4.69, 9.17) is 4.74 Å². The zero-order valence-corrected chi connectivity index (χ0v) is 11.1. The van der Waals surface area contributed by atoms with Gasteiger partial charge in [-0.15, -0.1) is 0 Å². The molecule has 0 aliphatic heterocycles. The molecule has 2 rings (SSSR count). The van der Waals surface area contributed by atoms with Crippen molar-refractivity contribution in [2.45, 2.75) is 32.0 Å². The first kappa shape index (κ1) is 14.2. The van der Waals surface area contributed by atoms with Crippen molar-refractivity contribution in [3.63, 3.8) is 0 Å². The smallest absolute Gasteiger partial charge is 0.419 e. The molecule has 19 heavy (non-hydrogen) atoms. The van der Waals surface area contributed by atoms with Gasteiger partial charge in [0, 0.05) is 6.04 Å². The second-order valence-corrected chi connectivity index (χ2v) is 5.02. The van der Waals surface area contributed by atoms with Gasteiger partial charge in [0.1, 0.15) is 5.75 Å². The number of hydrogen-bond acceptors (Lipinski definition) is 2. The van der Waals surface area contributed by atoms with Gasteiger partial charge in [0.2, 0.25) is 0 Å². The quantitative estimate of drug-likeness (QED) is 0.881. The molecule has 0 unspecified atom stereocenters. The monoisotopic (exact) mass is 273 g/mol. The summed E-state index contributed by atoms with van der Waals surface area (Å²) in [6, 6.07) is 4.08. The average molecular weight is 273 g/mol. The summed E-state index contributed by atoms with van der Waals surface area (Å²) >= 11 is 0. The zero-order chi connectivity index (χ0) is 14.0. The van der Waals surface area contributed by atoms with Crippen LogP contribution in [0.25, 0.3) is 0 Å². The summed E-state index contributed by atoms with van der Waals surface area (Å²) in [5, 5.41) is 3.01. The summed E-state index contributed by atoms with van der Waals surface area (Å²) in [7, 11) is 1.77. The molecule has 1 aromatic carbocycles. The van der Waals surface area contributed by atoms with Gasteiger partial charge < -0.3 is 10.1 Å². The van der Waals surface area contributed by atoms with E-state index in [1.165, 1.54) is 12.1 Å². The van der Waals surface area contributed by atoms with Crippen LogP contribution >= 0.6 is 0 Å². The van der Waals surface area contributed by atoms with Gasteiger partial charge in [-0.25, -0.2) is 0 Å². The topological polar surface area (TPSA) is 21.3 Å². The standard InChI is InChI=1S/C14H18F3NO/c1-9(18-2)11-5-6-12(14(15,16)17)13(7-11)19-8-10-3-4-10/h5-7,9-10,18H,3-4,8H2,1-2H3/t9-/m0/s1. The SMILES string of the molecule is CN[C@@H](C)c1ccc(C(F)(F)F)c(OCC2CC2)c1. The largest absolute Gasteiger partial charge is 0.493 e. The first-order chi connectivity index (χ1) is 8.91. The van der Waals surface area contributed by atoms with Crippen LogP contribution in [0.5, 0.6) is 5.75 Å². The molecule has 1 saturated carbocycles. The van der Waals surface area contributed by atoms with Crippen molar-refractivity contribution in [2.75, 3.05) is 13.7 Å². The van der Waals surface area contributed by atoms with Crippen LogP contribution in [0.3, 0.4) is 0 Å². The molecule has 106 valence electrons. The molecule has 0 aromatic heterocycles. The molecule has 0 spiro atoms. The summed E-state index contributed by atoms with van der Waals surface area (Å²) in [6.45, 7) is 2.27. The fraction of sp³-hybridized carbons (Fsp3) is 0.571. The van der Waals surface area contributed by atoms with Crippen LogP contribution in [0.2, 0.25) is 0 Å². The van der Waals surface area contributed by atoms with Crippen molar-refractivity contribution in [1.82, 2.24) is 5.32 Å². The molecule has 0 bridgehead atoms. The Kier molecular flexibility index (Phi) is 4.04. The molecular formula is C14H18F3NO. The van der Waals surface area contributed by atoms with Gasteiger partial charge in [0.05, 0.1) is 12.2 Å². The minimum absolute atomic E-state index is 0.00874. The van der Waals surface area contributed by atoms with Gasteiger partial charge in [0.15, 0.2) is 0 Å². The molecule has 0 radical (unpaired) electrons. The van der Waals surface area contributed by atoms with Crippen LogP contribution in [-0.2, 0) is 6.18 Å². The van der Waals surface area contributed by atoms with Crippen molar-refractivity contribution >= 4 is 0 Å². The minimum Gasteiger partial charge on any atom is -0.493 e. The Morgan fingerprint density at radius 2 is 2.05 bits per heavy atom. The number of nitrogens with one attached hydrogen (secondary N) is 1. The van der Waals surface area contributed by atoms with E-state index < -0.39 is 11.7 Å². The molecule has 0 saturated heterocycles. The molecule has 1 aliphatic rings. The number of ether oxygens (including phenoxy) is 1. The molecule has 0 heterocycles. The third-order valence-corrected chi connectivity index (χ3v) is 3.42. The van der Waals surface area contributed by atoms with Gasteiger partial charge >= 0.3 is 6.18 Å². The first-order valence-corrected chi connectivity index (χ1v) is 6.43. The van der Waals surface area contributed by atoms with Crippen molar-refractivity contribution in [1.29, 1.82) is 0 Å². The first-order valence-electron chi connectivity index (χ1n) is 6.43. The van der Waals surface area contributed by atoms with E-state index in [2.05, 4.69) is 5.32 Å². The molecule has 1 N–H and O–H groups in total. The maximum Gasteiger partial charge on any atom is 0.419 e. The molecule has 2 nitrogen and oxygen atoms in total. The van der Waals surface area contributed by atoms with Crippen LogP contribution in [-0.4, -0.2) is 13.7 Å². The van der Waals surface area contributed by atoms with Gasteiger partial charge in [-0.05, 0) is 50.4 Å². The molecular weight excluding hydrogens is 255 g/mol. The Balaban J connectivity index is 2.25. The second kappa shape index (κ2) is 5.41. The van der Waals surface area contributed by atoms with Crippen LogP contribution in [0, 0.1) is 5.92 Å². The molecule has 0 amide bonds. The Morgan fingerprint density at radius 1 is 1.37 bits per heavy atom. The van der Waals surface area contributed by atoms with Crippen molar-refractivity contribution < 1.29 is 17.9 Å². The van der Waals surface area contributed by atoms with E-state index in [-0.39, 0.29) is 11.8 Å². The van der Waals surface area contributed by atoms with Crippen molar-refractivity contribution in [3.05, 3.63) is 29.3 Å². The maximum atomic E-state index is 12.9. The number of rotatable bonds is 5. The molecule has 1 fully saturated rings. The van der Waals surface area contributed by atoms with Gasteiger partial charge in [-0.3, -0.25) is 0 Å². The number of halogens is 3. The van der Waals surface area contributed by atoms with E-state index in [0.717, 1.165) is 24.5 Å². The fourth-order valence-corrected chi connectivity index (χ4v) is 1.82. The minimum atomic E-state index is -4.37. The fourth-order valence-electron chi connectivity index (χ4n) is 1.82. The second-order valence-electron chi connectivity index (χ2n) is 5.02. The van der Waals surface area contributed by atoms with Gasteiger partial charge in [0.25, 0.3) is 0 Å². The highest BCUT2D eigenvalue weighted by atomic mass is 19.4. The maximum absolute atomic E-state index is 12.9. The third-order valence-electron chi connectivity index (χ3n) is 3.42. The van der Waals surface area contributed by atoms with E-state index in [1.54, 1.807) is 7.05 Å². The zero-order valence-electron chi connectivity index (χ0n) is 11.1. The lowest BCUT2D eigenvalue weighted by atomic mass is 10.0.